The molecule has 11 heteroatoms. The number of aliphatic hydroxyl groups excluding tert-OH is 1. The third kappa shape index (κ3) is 7.92. The second-order valence-electron chi connectivity index (χ2n) is 14.8. The average Bonchev–Trinajstić information content (AvgIpc) is 3.81. The molecular weight excluding hydrogens is 762 g/mol. The van der Waals surface area contributed by atoms with Gasteiger partial charge >= 0.3 is 5.97 Å². The molecule has 1 N–H and O–H groups in total. The van der Waals surface area contributed by atoms with Crippen molar-refractivity contribution < 1.29 is 33.8 Å². The summed E-state index contributed by atoms with van der Waals surface area (Å²) in [5.74, 6) is -3.68. The molecule has 1 spiro atoms. The van der Waals surface area contributed by atoms with E-state index in [2.05, 4.69) is 29.1 Å². The molecule has 3 fully saturated rings. The highest BCUT2D eigenvalue weighted by Gasteiger charge is 2.77. The minimum atomic E-state index is -1.39. The molecule has 9 atom stereocenters. The van der Waals surface area contributed by atoms with Gasteiger partial charge in [-0.1, -0.05) is 119 Å². The molecule has 290 valence electrons. The number of benzene rings is 3. The number of allylic oxidation sites excluding steroid dienone is 1. The fourth-order valence-corrected chi connectivity index (χ4v) is 9.58. The molecule has 55 heavy (non-hydrogen) atoms. The van der Waals surface area contributed by atoms with Crippen molar-refractivity contribution >= 4 is 39.6 Å². The zero-order chi connectivity index (χ0) is 39.3. The van der Waals surface area contributed by atoms with Gasteiger partial charge in [-0.15, -0.1) is 13.2 Å². The van der Waals surface area contributed by atoms with E-state index in [9.17, 15) is 14.7 Å². The molecule has 1 unspecified atom stereocenters. The molecule has 3 aromatic carbocycles. The van der Waals surface area contributed by atoms with Gasteiger partial charge < -0.3 is 29.3 Å². The Bertz CT molecular complexity index is 1850. The van der Waals surface area contributed by atoms with E-state index in [-0.39, 0.29) is 42.6 Å². The van der Waals surface area contributed by atoms with Crippen molar-refractivity contribution in [3.05, 3.63) is 133 Å². The van der Waals surface area contributed by atoms with E-state index in [0.29, 0.717) is 18.4 Å². The second-order valence-corrected chi connectivity index (χ2v) is 15.9. The number of hydrogen-bond acceptors (Lipinski definition) is 7. The largest absolute Gasteiger partial charge is 0.455 e. The molecular formula is C44H50BrN3O7. The molecule has 0 aliphatic carbocycles. The minimum absolute atomic E-state index is 0.122. The van der Waals surface area contributed by atoms with Crippen molar-refractivity contribution in [2.45, 2.75) is 79.9 Å². The van der Waals surface area contributed by atoms with Crippen LogP contribution in [-0.4, -0.2) is 98.4 Å². The van der Waals surface area contributed by atoms with Crippen LogP contribution in [0.15, 0.2) is 116 Å². The second kappa shape index (κ2) is 17.5. The number of aliphatic hydroxyl groups is 1. The maximum atomic E-state index is 15.1. The molecule has 10 nitrogen and oxygen atoms in total. The molecule has 2 bridgehead atoms. The molecule has 3 aliphatic heterocycles. The van der Waals surface area contributed by atoms with Crippen LogP contribution in [0.3, 0.4) is 0 Å². The van der Waals surface area contributed by atoms with E-state index in [1.165, 1.54) is 4.90 Å². The summed E-state index contributed by atoms with van der Waals surface area (Å²) in [5.41, 5.74) is 1.09. The zero-order valence-corrected chi connectivity index (χ0v) is 33.0. The summed E-state index contributed by atoms with van der Waals surface area (Å²) in [6.45, 7) is 9.52. The lowest BCUT2D eigenvalue weighted by molar-refractivity contribution is -0.165. The van der Waals surface area contributed by atoms with Crippen LogP contribution in [0.25, 0.3) is 0 Å². The summed E-state index contributed by atoms with van der Waals surface area (Å²) in [7, 11) is 1.69. The van der Waals surface area contributed by atoms with Gasteiger partial charge in [0.1, 0.15) is 17.7 Å². The van der Waals surface area contributed by atoms with Crippen molar-refractivity contribution in [2.75, 3.05) is 20.2 Å². The molecule has 3 aromatic rings. The van der Waals surface area contributed by atoms with E-state index in [0.717, 1.165) is 11.1 Å². The molecule has 3 aliphatic rings. The van der Waals surface area contributed by atoms with Crippen LogP contribution in [0.1, 0.15) is 49.0 Å². The predicted molar refractivity (Wildman–Crippen MR) is 213 cm³/mol. The molecule has 3 amide bonds. The summed E-state index contributed by atoms with van der Waals surface area (Å²) >= 11 is 3.77. The van der Waals surface area contributed by atoms with Crippen molar-refractivity contribution in [2.24, 2.45) is 11.8 Å². The summed E-state index contributed by atoms with van der Waals surface area (Å²) in [5, 5.41) is 10.9. The van der Waals surface area contributed by atoms with Crippen molar-refractivity contribution in [3.8, 4) is 0 Å². The first kappa shape index (κ1) is 40.1. The Morgan fingerprint density at radius 3 is 2.22 bits per heavy atom. The highest BCUT2D eigenvalue weighted by Crippen LogP contribution is 2.61. The first-order valence-corrected chi connectivity index (χ1v) is 19.8. The normalized spacial score (nSPS) is 25.4. The minimum Gasteiger partial charge on any atom is -0.455 e. The Balaban J connectivity index is 1.39. The number of likely N-dealkylation sites (N-methyl/N-ethyl adjacent to an activating group) is 1. The Morgan fingerprint density at radius 1 is 1.00 bits per heavy atom. The number of alkyl halides is 1. The number of likely N-dealkylation sites (tertiary alicyclic amines) is 1. The zero-order valence-electron chi connectivity index (χ0n) is 31.4. The maximum Gasteiger partial charge on any atom is 0.313 e. The molecule has 6 rings (SSSR count). The molecule has 0 aromatic heterocycles. The quantitative estimate of drug-likeness (QED) is 0.107. The number of rotatable bonds is 17. The number of fused-ring (bicyclic) bond motifs is 1. The topological polar surface area (TPSA) is 117 Å². The summed E-state index contributed by atoms with van der Waals surface area (Å²) in [4.78, 5) is 62.4. The number of halogens is 1. The van der Waals surface area contributed by atoms with Gasteiger partial charge in [-0.3, -0.25) is 19.2 Å². The van der Waals surface area contributed by atoms with Gasteiger partial charge in [0, 0.05) is 31.4 Å². The summed E-state index contributed by atoms with van der Waals surface area (Å²) in [6.07, 6.45) is 3.05. The van der Waals surface area contributed by atoms with Gasteiger partial charge in [0.15, 0.2) is 0 Å². The molecule has 3 heterocycles. The third-order valence-electron chi connectivity index (χ3n) is 11.4. The van der Waals surface area contributed by atoms with Gasteiger partial charge in [0.25, 0.3) is 0 Å². The first-order valence-electron chi connectivity index (χ1n) is 18.9. The van der Waals surface area contributed by atoms with Crippen LogP contribution in [0.5, 0.6) is 0 Å². The number of carbonyl (C=O) groups excluding carboxylic acids is 4. The fourth-order valence-electron chi connectivity index (χ4n) is 8.64. The van der Waals surface area contributed by atoms with E-state index < -0.39 is 66.3 Å². The third-order valence-corrected chi connectivity index (χ3v) is 12.2. The smallest absolute Gasteiger partial charge is 0.313 e. The number of amides is 3. The molecule has 3 saturated heterocycles. The van der Waals surface area contributed by atoms with Gasteiger partial charge in [-0.05, 0) is 42.9 Å². The molecule has 0 radical (unpaired) electrons. The summed E-state index contributed by atoms with van der Waals surface area (Å²) < 4.78 is 13.2. The Labute approximate surface area is 331 Å². The summed E-state index contributed by atoms with van der Waals surface area (Å²) in [6, 6.07) is 25.8. The lowest BCUT2D eigenvalue weighted by atomic mass is 9.70. The van der Waals surface area contributed by atoms with Crippen LogP contribution < -0.4 is 0 Å². The monoisotopic (exact) mass is 811 g/mol. The Hall–Kier alpha value is -4.58. The average molecular weight is 813 g/mol. The SMILES string of the molecule is C=CCCC(=O)N(C)[C@@H](C)[C@@H](OC(=O)[C@H]1[C@@H]2O[C@@]3(CC2Br)[C@@H]1C(=O)N([C@@H](CO)Cc1ccccc1)[C@@H]3C(=O)N(CC=C)Cc1ccccc1)c1ccccc1. The highest BCUT2D eigenvalue weighted by atomic mass is 79.9. The van der Waals surface area contributed by atoms with Crippen LogP contribution in [0.2, 0.25) is 0 Å². The fraction of sp³-hybridized carbons (Fsp3) is 0.409. The number of nitrogens with zero attached hydrogens (tertiary/aromatic N) is 3. The van der Waals surface area contributed by atoms with E-state index in [1.54, 1.807) is 29.0 Å². The van der Waals surface area contributed by atoms with Crippen molar-refractivity contribution in [3.63, 3.8) is 0 Å². The Morgan fingerprint density at radius 2 is 1.62 bits per heavy atom. The van der Waals surface area contributed by atoms with Crippen LogP contribution in [-0.2, 0) is 41.6 Å². The molecule has 0 saturated carbocycles. The number of esters is 1. The first-order chi connectivity index (χ1) is 26.6. The standard InChI is InChI=1S/C44H50BrN3O7/c1-5-7-23-35(50)46(4)29(3)38(32-21-15-10-16-22-32)54-43(53)36-37-41(51)48(33(28-49)25-30-17-11-8-12-18-30)40(44(37)26-34(45)39(36)55-44)42(52)47(24-6-2)27-31-19-13-9-14-20-31/h5-6,8-22,29,33-34,36-40,49H,1-2,7,23-28H2,3-4H3/t29-,33+,34?,36+,37-,38+,39+,40+,44-/m0/s1. The number of hydrogen-bond donors (Lipinski definition) is 1. The van der Waals surface area contributed by atoms with E-state index >= 15 is 9.59 Å². The van der Waals surface area contributed by atoms with Gasteiger partial charge in [-0.2, -0.15) is 0 Å². The highest BCUT2D eigenvalue weighted by molar-refractivity contribution is 9.09. The van der Waals surface area contributed by atoms with Crippen LogP contribution >= 0.6 is 15.9 Å². The number of ether oxygens (including phenoxy) is 2. The lowest BCUT2D eigenvalue weighted by Crippen LogP contribution is -2.59. The van der Waals surface area contributed by atoms with Crippen molar-refractivity contribution in [1.82, 2.24) is 14.7 Å². The lowest BCUT2D eigenvalue weighted by Gasteiger charge is -2.39. The van der Waals surface area contributed by atoms with Gasteiger partial charge in [-0.25, -0.2) is 0 Å². The Kier molecular flexibility index (Phi) is 12.7. The van der Waals surface area contributed by atoms with Crippen molar-refractivity contribution in [1.29, 1.82) is 0 Å². The van der Waals surface area contributed by atoms with E-state index in [1.807, 2.05) is 97.9 Å². The van der Waals surface area contributed by atoms with Crippen LogP contribution in [0, 0.1) is 11.8 Å². The van der Waals surface area contributed by atoms with Crippen LogP contribution in [0.4, 0.5) is 0 Å². The van der Waals surface area contributed by atoms with Gasteiger partial charge in [0.2, 0.25) is 17.7 Å². The van der Waals surface area contributed by atoms with Gasteiger partial charge in [0.05, 0.1) is 36.6 Å². The maximum absolute atomic E-state index is 15.1. The number of carbonyl (C=O) groups is 4. The van der Waals surface area contributed by atoms with E-state index in [4.69, 9.17) is 9.47 Å². The predicted octanol–water partition coefficient (Wildman–Crippen LogP) is 5.65.